The Bertz CT molecular complexity index is 1560. The van der Waals surface area contributed by atoms with Gasteiger partial charge >= 0.3 is 17.3 Å². The van der Waals surface area contributed by atoms with Crippen molar-refractivity contribution in [3.8, 4) is 11.6 Å². The molecule has 0 amide bonds. The van der Waals surface area contributed by atoms with E-state index in [0.717, 1.165) is 28.0 Å². The number of nitrogens with zero attached hydrogens (tertiary/aromatic N) is 4. The Morgan fingerprint density at radius 2 is 1.84 bits per heavy atom. The van der Waals surface area contributed by atoms with Crippen LogP contribution in [0.15, 0.2) is 70.4 Å². The lowest BCUT2D eigenvalue weighted by Crippen LogP contribution is -2.43. The lowest BCUT2D eigenvalue weighted by Gasteiger charge is -2.17. The highest BCUT2D eigenvalue weighted by molar-refractivity contribution is 5.87. The Kier molecular flexibility index (Phi) is 7.14. The van der Waals surface area contributed by atoms with Gasteiger partial charge < -0.3 is 15.2 Å². The van der Waals surface area contributed by atoms with Crippen molar-refractivity contribution >= 4 is 17.6 Å². The lowest BCUT2D eigenvalue weighted by atomic mass is 10.1. The van der Waals surface area contributed by atoms with Crippen LogP contribution < -0.4 is 21.4 Å². The predicted molar refractivity (Wildman–Crippen MR) is 134 cm³/mol. The molecule has 2 aromatic heterocycles. The SMILES string of the molecule is Cc1ccc(Cn2c(Nc3ccc(Oc4ccc(C(=O)O)cn4)c(F)c3)nc(=O)n(C(C)C)c2=O)cc1. The Morgan fingerprint density at radius 1 is 1.11 bits per heavy atom. The minimum atomic E-state index is -1.14. The van der Waals surface area contributed by atoms with E-state index in [0.29, 0.717) is 0 Å². The van der Waals surface area contributed by atoms with Crippen molar-refractivity contribution in [1.82, 2.24) is 19.1 Å². The topological polar surface area (TPSA) is 128 Å². The molecule has 0 spiro atoms. The van der Waals surface area contributed by atoms with Gasteiger partial charge in [0.05, 0.1) is 12.1 Å². The minimum absolute atomic E-state index is 0.00973. The Morgan fingerprint density at radius 3 is 2.43 bits per heavy atom. The molecule has 0 atom stereocenters. The number of hydrogen-bond acceptors (Lipinski definition) is 7. The molecule has 0 saturated carbocycles. The molecule has 4 aromatic rings. The summed E-state index contributed by atoms with van der Waals surface area (Å²) < 4.78 is 22.6. The normalized spacial score (nSPS) is 10.9. The van der Waals surface area contributed by atoms with Gasteiger partial charge in [-0.2, -0.15) is 4.98 Å². The van der Waals surface area contributed by atoms with Gasteiger partial charge in [0.15, 0.2) is 11.6 Å². The number of carbonyl (C=O) groups is 1. The van der Waals surface area contributed by atoms with E-state index in [4.69, 9.17) is 9.84 Å². The molecule has 0 fully saturated rings. The first-order valence-electron chi connectivity index (χ1n) is 11.3. The van der Waals surface area contributed by atoms with E-state index in [9.17, 15) is 18.8 Å². The maximum absolute atomic E-state index is 14.8. The van der Waals surface area contributed by atoms with Gasteiger partial charge in [0.1, 0.15) is 0 Å². The number of aryl methyl sites for hydroxylation is 1. The van der Waals surface area contributed by atoms with Crippen LogP contribution in [-0.2, 0) is 6.54 Å². The second kappa shape index (κ2) is 10.4. The summed E-state index contributed by atoms with van der Waals surface area (Å²) in [4.78, 5) is 44.7. The van der Waals surface area contributed by atoms with E-state index >= 15 is 0 Å². The number of hydrogen-bond donors (Lipinski definition) is 2. The van der Waals surface area contributed by atoms with E-state index in [1.54, 1.807) is 13.8 Å². The van der Waals surface area contributed by atoms with Crippen LogP contribution in [0.4, 0.5) is 16.0 Å². The highest BCUT2D eigenvalue weighted by Gasteiger charge is 2.17. The second-order valence-corrected chi connectivity index (χ2v) is 8.60. The van der Waals surface area contributed by atoms with Crippen LogP contribution in [0.3, 0.4) is 0 Å². The van der Waals surface area contributed by atoms with Gasteiger partial charge in [-0.3, -0.25) is 4.57 Å². The molecule has 2 heterocycles. The largest absolute Gasteiger partial charge is 0.478 e. The van der Waals surface area contributed by atoms with Crippen LogP contribution in [0.5, 0.6) is 11.6 Å². The number of rotatable bonds is 8. The Hall–Kier alpha value is -4.80. The van der Waals surface area contributed by atoms with Crippen molar-refractivity contribution in [2.24, 2.45) is 0 Å². The summed E-state index contributed by atoms with van der Waals surface area (Å²) in [6.45, 7) is 5.52. The second-order valence-electron chi connectivity index (χ2n) is 8.60. The lowest BCUT2D eigenvalue weighted by molar-refractivity contribution is 0.0696. The Labute approximate surface area is 210 Å². The number of halogens is 1. The first kappa shape index (κ1) is 25.3. The van der Waals surface area contributed by atoms with Crippen molar-refractivity contribution in [1.29, 1.82) is 0 Å². The molecule has 37 heavy (non-hydrogen) atoms. The molecule has 190 valence electrons. The average molecular weight is 506 g/mol. The third-order valence-corrected chi connectivity index (χ3v) is 5.46. The molecule has 0 aliphatic rings. The van der Waals surface area contributed by atoms with Crippen LogP contribution in [-0.4, -0.2) is 30.2 Å². The maximum Gasteiger partial charge on any atom is 0.355 e. The molecule has 0 aliphatic carbocycles. The highest BCUT2D eigenvalue weighted by atomic mass is 19.1. The minimum Gasteiger partial charge on any atom is -0.478 e. The molecule has 0 radical (unpaired) electrons. The van der Waals surface area contributed by atoms with Crippen LogP contribution in [0.2, 0.25) is 0 Å². The smallest absolute Gasteiger partial charge is 0.355 e. The summed E-state index contributed by atoms with van der Waals surface area (Å²) >= 11 is 0. The van der Waals surface area contributed by atoms with Gasteiger partial charge in [-0.25, -0.2) is 28.3 Å². The van der Waals surface area contributed by atoms with E-state index in [1.165, 1.54) is 28.8 Å². The summed E-state index contributed by atoms with van der Waals surface area (Å²) in [5, 5.41) is 11.8. The van der Waals surface area contributed by atoms with Crippen molar-refractivity contribution in [3.63, 3.8) is 0 Å². The first-order valence-corrected chi connectivity index (χ1v) is 11.3. The third-order valence-electron chi connectivity index (χ3n) is 5.46. The van der Waals surface area contributed by atoms with Gasteiger partial charge in [-0.15, -0.1) is 0 Å². The summed E-state index contributed by atoms with van der Waals surface area (Å²) in [7, 11) is 0. The number of aromatic nitrogens is 4. The van der Waals surface area contributed by atoms with Crippen LogP contribution in [0.25, 0.3) is 0 Å². The van der Waals surface area contributed by atoms with Crippen LogP contribution in [0.1, 0.15) is 41.4 Å². The van der Waals surface area contributed by atoms with Crippen LogP contribution in [0, 0.1) is 12.7 Å². The fourth-order valence-electron chi connectivity index (χ4n) is 3.53. The summed E-state index contributed by atoms with van der Waals surface area (Å²) in [6.07, 6.45) is 1.10. The number of carboxylic acids is 1. The first-order chi connectivity index (χ1) is 17.6. The molecule has 0 unspecified atom stereocenters. The highest BCUT2D eigenvalue weighted by Crippen LogP contribution is 2.27. The fourth-order valence-corrected chi connectivity index (χ4v) is 3.53. The number of nitrogens with one attached hydrogen (secondary N) is 1. The van der Waals surface area contributed by atoms with Gasteiger partial charge in [-0.05, 0) is 44.5 Å². The number of carboxylic acid groups (broad SMARTS) is 1. The van der Waals surface area contributed by atoms with E-state index < -0.39 is 29.2 Å². The number of anilines is 2. The third kappa shape index (κ3) is 5.72. The molecule has 11 heteroatoms. The molecule has 4 rings (SSSR count). The maximum atomic E-state index is 14.8. The molecule has 0 aliphatic heterocycles. The number of ether oxygens (including phenoxy) is 1. The van der Waals surface area contributed by atoms with E-state index in [-0.39, 0.29) is 35.4 Å². The van der Waals surface area contributed by atoms with Gasteiger partial charge in [0, 0.05) is 30.1 Å². The summed E-state index contributed by atoms with van der Waals surface area (Å²) in [5.41, 5.74) is 0.808. The molecule has 2 aromatic carbocycles. The fraction of sp³-hybridized carbons (Fsp3) is 0.192. The summed E-state index contributed by atoms with van der Waals surface area (Å²) in [6, 6.07) is 13.7. The molecule has 0 bridgehead atoms. The van der Waals surface area contributed by atoms with E-state index in [1.807, 2.05) is 31.2 Å². The molecule has 0 saturated heterocycles. The molecular formula is C26H24FN5O5. The van der Waals surface area contributed by atoms with Crippen molar-refractivity contribution in [2.45, 2.75) is 33.4 Å². The number of pyridine rings is 1. The van der Waals surface area contributed by atoms with Gasteiger partial charge in [-0.1, -0.05) is 29.8 Å². The number of benzene rings is 2. The summed E-state index contributed by atoms with van der Waals surface area (Å²) in [5.74, 6) is -2.07. The molecule has 2 N–H and O–H groups in total. The molecule has 10 nitrogen and oxygen atoms in total. The zero-order valence-electron chi connectivity index (χ0n) is 20.3. The van der Waals surface area contributed by atoms with Crippen molar-refractivity contribution < 1.29 is 19.0 Å². The zero-order valence-corrected chi connectivity index (χ0v) is 20.3. The Balaban J connectivity index is 1.64. The van der Waals surface area contributed by atoms with Gasteiger partial charge in [0.25, 0.3) is 0 Å². The predicted octanol–water partition coefficient (Wildman–Crippen LogP) is 4.11. The van der Waals surface area contributed by atoms with Crippen molar-refractivity contribution in [2.75, 3.05) is 5.32 Å². The van der Waals surface area contributed by atoms with E-state index in [2.05, 4.69) is 15.3 Å². The zero-order chi connectivity index (χ0) is 26.7. The average Bonchev–Trinajstić information content (AvgIpc) is 2.84. The van der Waals surface area contributed by atoms with Crippen molar-refractivity contribution in [3.05, 3.63) is 104 Å². The van der Waals surface area contributed by atoms with Crippen LogP contribution >= 0.6 is 0 Å². The monoisotopic (exact) mass is 505 g/mol. The number of aromatic carboxylic acids is 1. The quantitative estimate of drug-likeness (QED) is 0.366. The molecular weight excluding hydrogens is 481 g/mol. The van der Waals surface area contributed by atoms with Gasteiger partial charge in [0.2, 0.25) is 11.8 Å². The standard InChI is InChI=1S/C26H24FN5O5/c1-15(2)32-25(35)30-24(31(26(32)36)14-17-6-4-16(3)5-7-17)29-19-9-10-21(20(27)12-19)37-22-11-8-18(13-28-22)23(33)34/h4-13,15H,14H2,1-3H3,(H,33,34)(H,29,30,35).